The van der Waals surface area contributed by atoms with Crippen LogP contribution in [0.1, 0.15) is 51.4 Å². The molecular formula is C20H26F2INO. The third kappa shape index (κ3) is 4.72. The molecule has 2 aliphatic rings. The summed E-state index contributed by atoms with van der Waals surface area (Å²) < 4.78 is 34.1. The van der Waals surface area contributed by atoms with Crippen LogP contribution in [0.25, 0.3) is 0 Å². The molecule has 2 aliphatic carbocycles. The van der Waals surface area contributed by atoms with E-state index in [0.29, 0.717) is 12.5 Å². The van der Waals surface area contributed by atoms with Gasteiger partial charge in [0.25, 0.3) is 0 Å². The Morgan fingerprint density at radius 1 is 0.960 bits per heavy atom. The summed E-state index contributed by atoms with van der Waals surface area (Å²) in [6.45, 7) is 3.70. The van der Waals surface area contributed by atoms with Gasteiger partial charge in [0.1, 0.15) is 5.69 Å². The number of halogens is 3. The maximum absolute atomic E-state index is 14.0. The molecule has 25 heavy (non-hydrogen) atoms. The molecular weight excluding hydrogens is 435 g/mol. The van der Waals surface area contributed by atoms with Gasteiger partial charge in [-0.3, -0.25) is 4.99 Å². The highest BCUT2D eigenvalue weighted by atomic mass is 127. The highest BCUT2D eigenvalue weighted by Crippen LogP contribution is 2.41. The van der Waals surface area contributed by atoms with Gasteiger partial charge in [0.15, 0.2) is 11.6 Å². The molecule has 0 amide bonds. The zero-order valence-electron chi connectivity index (χ0n) is 14.5. The normalized spacial score (nSPS) is 30.0. The Morgan fingerprint density at radius 2 is 1.56 bits per heavy atom. The van der Waals surface area contributed by atoms with Crippen LogP contribution in [0.2, 0.25) is 0 Å². The molecule has 0 saturated heterocycles. The maximum atomic E-state index is 14.0. The third-order valence-electron chi connectivity index (χ3n) is 5.93. The number of ether oxygens (including phenoxy) is 1. The molecule has 1 aromatic rings. The Bertz CT molecular complexity index is 594. The summed E-state index contributed by atoms with van der Waals surface area (Å²) in [4.78, 5) is 3.46. The zero-order chi connectivity index (χ0) is 17.8. The number of rotatable bonds is 5. The van der Waals surface area contributed by atoms with Crippen LogP contribution in [0.4, 0.5) is 14.5 Å². The van der Waals surface area contributed by atoms with E-state index in [9.17, 15) is 8.78 Å². The minimum absolute atomic E-state index is 0.0209. The molecule has 0 aromatic heterocycles. The number of aliphatic imine (C=N–C) groups is 1. The lowest BCUT2D eigenvalue weighted by atomic mass is 9.71. The van der Waals surface area contributed by atoms with Crippen molar-refractivity contribution in [2.45, 2.75) is 55.3 Å². The lowest BCUT2D eigenvalue weighted by Gasteiger charge is -2.36. The van der Waals surface area contributed by atoms with Crippen molar-refractivity contribution in [2.75, 3.05) is 6.61 Å². The van der Waals surface area contributed by atoms with Crippen molar-refractivity contribution in [1.29, 1.82) is 0 Å². The maximum Gasteiger partial charge on any atom is 0.202 e. The van der Waals surface area contributed by atoms with E-state index >= 15 is 0 Å². The number of hydrogen-bond acceptors (Lipinski definition) is 2. The fourth-order valence-corrected chi connectivity index (χ4v) is 5.06. The molecule has 5 heteroatoms. The van der Waals surface area contributed by atoms with Crippen molar-refractivity contribution >= 4 is 35.0 Å². The standard InChI is InChI=1S/C20H26F2INO/c1-24-17-10-11-18(20(22)19(17)21)25-12-13-2-4-14(5-3-13)15-6-8-16(23)9-7-15/h10-11,13-16H,1-9,12H2. The summed E-state index contributed by atoms with van der Waals surface area (Å²) in [7, 11) is 0. The SMILES string of the molecule is C=Nc1ccc(OCC2CCC(C3CCC(I)CC3)CC2)c(F)c1F. The Hall–Kier alpha value is -0.720. The fraction of sp³-hybridized carbons (Fsp3) is 0.650. The largest absolute Gasteiger partial charge is 0.490 e. The van der Waals surface area contributed by atoms with Crippen LogP contribution in [0.3, 0.4) is 0 Å². The van der Waals surface area contributed by atoms with E-state index in [1.807, 2.05) is 0 Å². The molecule has 0 unspecified atom stereocenters. The molecule has 138 valence electrons. The van der Waals surface area contributed by atoms with Gasteiger partial charge < -0.3 is 4.74 Å². The van der Waals surface area contributed by atoms with Gasteiger partial charge in [-0.1, -0.05) is 22.6 Å². The number of benzene rings is 1. The molecule has 3 rings (SSSR count). The van der Waals surface area contributed by atoms with Crippen LogP contribution < -0.4 is 4.74 Å². The predicted octanol–water partition coefficient (Wildman–Crippen LogP) is 6.48. The molecule has 0 bridgehead atoms. The predicted molar refractivity (Wildman–Crippen MR) is 106 cm³/mol. The van der Waals surface area contributed by atoms with Crippen molar-refractivity contribution in [1.82, 2.24) is 0 Å². The molecule has 0 radical (unpaired) electrons. The van der Waals surface area contributed by atoms with E-state index in [4.69, 9.17) is 4.74 Å². The van der Waals surface area contributed by atoms with E-state index in [0.717, 1.165) is 28.6 Å². The first-order chi connectivity index (χ1) is 12.1. The van der Waals surface area contributed by atoms with Crippen molar-refractivity contribution in [3.63, 3.8) is 0 Å². The van der Waals surface area contributed by atoms with Gasteiger partial charge in [0, 0.05) is 3.92 Å². The molecule has 0 heterocycles. The lowest BCUT2D eigenvalue weighted by molar-refractivity contribution is 0.135. The van der Waals surface area contributed by atoms with Gasteiger partial charge in [0.05, 0.1) is 6.61 Å². The third-order valence-corrected chi connectivity index (χ3v) is 7.18. The van der Waals surface area contributed by atoms with Gasteiger partial charge in [-0.15, -0.1) is 0 Å². The van der Waals surface area contributed by atoms with Crippen LogP contribution in [0.5, 0.6) is 5.75 Å². The number of nitrogens with zero attached hydrogens (tertiary/aromatic N) is 1. The summed E-state index contributed by atoms with van der Waals surface area (Å²) in [5, 5.41) is 0. The Balaban J connectivity index is 1.47. The van der Waals surface area contributed by atoms with Gasteiger partial charge >= 0.3 is 0 Å². The summed E-state index contributed by atoms with van der Waals surface area (Å²) in [5.74, 6) is 0.228. The molecule has 2 fully saturated rings. The van der Waals surface area contributed by atoms with Gasteiger partial charge in [-0.25, -0.2) is 4.39 Å². The second kappa shape index (κ2) is 8.78. The fourth-order valence-electron chi connectivity index (χ4n) is 4.34. The van der Waals surface area contributed by atoms with E-state index in [2.05, 4.69) is 34.3 Å². The first-order valence-electron chi connectivity index (χ1n) is 9.30. The first kappa shape index (κ1) is 19.1. The average molecular weight is 461 g/mol. The van der Waals surface area contributed by atoms with Gasteiger partial charge in [-0.05, 0) is 88.0 Å². The second-order valence-electron chi connectivity index (χ2n) is 7.47. The molecule has 1 aromatic carbocycles. The highest BCUT2D eigenvalue weighted by Gasteiger charge is 2.30. The van der Waals surface area contributed by atoms with Crippen molar-refractivity contribution < 1.29 is 13.5 Å². The molecule has 0 spiro atoms. The molecule has 0 atom stereocenters. The van der Waals surface area contributed by atoms with E-state index in [-0.39, 0.29) is 11.4 Å². The van der Waals surface area contributed by atoms with Crippen LogP contribution >= 0.6 is 22.6 Å². The van der Waals surface area contributed by atoms with Crippen LogP contribution in [-0.4, -0.2) is 17.2 Å². The summed E-state index contributed by atoms with van der Waals surface area (Å²) in [6.07, 6.45) is 10.3. The highest BCUT2D eigenvalue weighted by molar-refractivity contribution is 14.1. The van der Waals surface area contributed by atoms with Crippen LogP contribution in [0.15, 0.2) is 17.1 Å². The van der Waals surface area contributed by atoms with Gasteiger partial charge in [-0.2, -0.15) is 4.39 Å². The van der Waals surface area contributed by atoms with Crippen molar-refractivity contribution in [2.24, 2.45) is 22.7 Å². The molecule has 2 nitrogen and oxygen atoms in total. The lowest BCUT2D eigenvalue weighted by Crippen LogP contribution is -2.27. The molecule has 2 saturated carbocycles. The minimum atomic E-state index is -0.984. The summed E-state index contributed by atoms with van der Waals surface area (Å²) in [5.41, 5.74) is -0.0772. The van der Waals surface area contributed by atoms with E-state index in [1.54, 1.807) is 0 Å². The summed E-state index contributed by atoms with van der Waals surface area (Å²) in [6, 6.07) is 2.84. The second-order valence-corrected chi connectivity index (χ2v) is 9.23. The topological polar surface area (TPSA) is 21.6 Å². The van der Waals surface area contributed by atoms with Crippen LogP contribution in [0, 0.1) is 29.4 Å². The van der Waals surface area contributed by atoms with E-state index < -0.39 is 11.6 Å². The minimum Gasteiger partial charge on any atom is -0.490 e. The van der Waals surface area contributed by atoms with E-state index in [1.165, 1.54) is 50.7 Å². The number of hydrogen-bond donors (Lipinski definition) is 0. The first-order valence-corrected chi connectivity index (χ1v) is 10.5. The average Bonchev–Trinajstić information content (AvgIpc) is 2.64. The van der Waals surface area contributed by atoms with Crippen LogP contribution in [-0.2, 0) is 0 Å². The Kier molecular flexibility index (Phi) is 6.69. The Labute approximate surface area is 162 Å². The van der Waals surface area contributed by atoms with Crippen molar-refractivity contribution in [3.8, 4) is 5.75 Å². The zero-order valence-corrected chi connectivity index (χ0v) is 16.7. The smallest absolute Gasteiger partial charge is 0.202 e. The van der Waals surface area contributed by atoms with Crippen molar-refractivity contribution in [3.05, 3.63) is 23.8 Å². The molecule has 0 N–H and O–H groups in total. The van der Waals surface area contributed by atoms with Gasteiger partial charge in [0.2, 0.25) is 5.82 Å². The quantitative estimate of drug-likeness (QED) is 0.280. The Morgan fingerprint density at radius 3 is 2.16 bits per heavy atom. The monoisotopic (exact) mass is 461 g/mol. The molecule has 0 aliphatic heterocycles. The number of alkyl halides is 1. The summed E-state index contributed by atoms with van der Waals surface area (Å²) >= 11 is 2.58.